The van der Waals surface area contributed by atoms with Gasteiger partial charge in [-0.3, -0.25) is 9.69 Å². The van der Waals surface area contributed by atoms with Gasteiger partial charge in [0.05, 0.1) is 7.11 Å². The molecule has 0 saturated carbocycles. The van der Waals surface area contributed by atoms with Crippen LogP contribution in [0.1, 0.15) is 25.3 Å². The molecule has 0 spiro atoms. The van der Waals surface area contributed by atoms with E-state index in [9.17, 15) is 14.4 Å². The summed E-state index contributed by atoms with van der Waals surface area (Å²) in [5, 5.41) is -0.0162. The lowest BCUT2D eigenvalue weighted by atomic mass is 10.1. The Balaban J connectivity index is 2.61. The first kappa shape index (κ1) is 20.0. The molecule has 0 heterocycles. The Morgan fingerprint density at radius 3 is 2.46 bits per heavy atom. The van der Waals surface area contributed by atoms with Crippen molar-refractivity contribution < 1.29 is 23.9 Å². The molecule has 7 heteroatoms. The van der Waals surface area contributed by atoms with Crippen LogP contribution in [0.4, 0.5) is 4.79 Å². The fourth-order valence-electron chi connectivity index (χ4n) is 2.04. The average molecular weight is 353 g/mol. The number of methoxy groups -OCH3 is 1. The predicted octanol–water partition coefficient (Wildman–Crippen LogP) is 2.86. The molecule has 0 bridgehead atoms. The van der Waals surface area contributed by atoms with Crippen LogP contribution in [0.3, 0.4) is 0 Å². The Kier molecular flexibility index (Phi) is 8.93. The van der Waals surface area contributed by atoms with Crippen molar-refractivity contribution in [3.63, 3.8) is 0 Å². The van der Waals surface area contributed by atoms with Crippen molar-refractivity contribution in [3.8, 4) is 0 Å². The topological polar surface area (TPSA) is 72.9 Å². The second-order valence-corrected chi connectivity index (χ2v) is 6.36. The molecule has 1 rings (SSSR count). The van der Waals surface area contributed by atoms with Gasteiger partial charge in [0, 0.05) is 13.5 Å². The molecule has 6 nitrogen and oxygen atoms in total. The van der Waals surface area contributed by atoms with Gasteiger partial charge in [-0.15, -0.1) is 0 Å². The molecule has 0 unspecified atom stereocenters. The van der Waals surface area contributed by atoms with E-state index in [0.717, 1.165) is 5.56 Å². The molecular formula is C17H23NO5S. The largest absolute Gasteiger partial charge is 0.467 e. The van der Waals surface area contributed by atoms with Gasteiger partial charge in [-0.1, -0.05) is 49.0 Å². The van der Waals surface area contributed by atoms with Gasteiger partial charge < -0.3 is 9.47 Å². The molecule has 0 fully saturated rings. The third-order valence-corrected chi connectivity index (χ3v) is 4.18. The van der Waals surface area contributed by atoms with Crippen LogP contribution in [0.2, 0.25) is 0 Å². The summed E-state index contributed by atoms with van der Waals surface area (Å²) in [5.41, 5.74) is 0.850. The SMILES string of the molecule is CCSC(=O)CC[C@@H](C(=O)OC)N(C)C(=O)OCc1ccccc1. The molecule has 1 aromatic rings. The summed E-state index contributed by atoms with van der Waals surface area (Å²) < 4.78 is 9.94. The first-order valence-corrected chi connectivity index (χ1v) is 8.65. The van der Waals surface area contributed by atoms with Gasteiger partial charge in [0.25, 0.3) is 0 Å². The molecule has 24 heavy (non-hydrogen) atoms. The lowest BCUT2D eigenvalue weighted by molar-refractivity contribution is -0.146. The number of rotatable bonds is 8. The zero-order valence-corrected chi connectivity index (χ0v) is 15.0. The maximum atomic E-state index is 12.2. The maximum absolute atomic E-state index is 12.2. The van der Waals surface area contributed by atoms with Crippen LogP contribution in [0.5, 0.6) is 0 Å². The number of likely N-dealkylation sites (N-methyl/N-ethyl adjacent to an activating group) is 1. The van der Waals surface area contributed by atoms with Gasteiger partial charge in [-0.25, -0.2) is 9.59 Å². The van der Waals surface area contributed by atoms with Gasteiger partial charge in [0.2, 0.25) is 0 Å². The summed E-state index contributed by atoms with van der Waals surface area (Å²) in [7, 11) is 2.72. The van der Waals surface area contributed by atoms with E-state index in [4.69, 9.17) is 9.47 Å². The highest BCUT2D eigenvalue weighted by molar-refractivity contribution is 8.13. The van der Waals surface area contributed by atoms with Crippen molar-refractivity contribution in [2.45, 2.75) is 32.4 Å². The van der Waals surface area contributed by atoms with Crippen molar-refractivity contribution >= 4 is 28.9 Å². The highest BCUT2D eigenvalue weighted by Crippen LogP contribution is 2.14. The monoisotopic (exact) mass is 353 g/mol. The Labute approximate surface area is 146 Å². The van der Waals surface area contributed by atoms with Crippen LogP contribution in [-0.4, -0.2) is 48.0 Å². The summed E-state index contributed by atoms with van der Waals surface area (Å²) in [4.78, 5) is 36.9. The van der Waals surface area contributed by atoms with Gasteiger partial charge in [0.15, 0.2) is 5.12 Å². The zero-order valence-electron chi connectivity index (χ0n) is 14.2. The number of ether oxygens (including phenoxy) is 2. The van der Waals surface area contributed by atoms with E-state index in [0.29, 0.717) is 5.75 Å². The number of esters is 1. The molecule has 1 amide bonds. The third kappa shape index (κ3) is 6.62. The number of amides is 1. The molecule has 1 atom stereocenters. The first-order chi connectivity index (χ1) is 11.5. The number of hydrogen-bond donors (Lipinski definition) is 0. The van der Waals surface area contributed by atoms with Crippen molar-refractivity contribution in [2.24, 2.45) is 0 Å². The molecule has 0 aliphatic rings. The molecule has 0 aromatic heterocycles. The fraction of sp³-hybridized carbons (Fsp3) is 0.471. The van der Waals surface area contributed by atoms with E-state index in [1.807, 2.05) is 37.3 Å². The molecule has 0 saturated heterocycles. The predicted molar refractivity (Wildman–Crippen MR) is 92.6 cm³/mol. The number of hydrogen-bond acceptors (Lipinski definition) is 6. The highest BCUT2D eigenvalue weighted by atomic mass is 32.2. The van der Waals surface area contributed by atoms with Crippen LogP contribution in [0, 0.1) is 0 Å². The van der Waals surface area contributed by atoms with E-state index in [1.165, 1.54) is 30.8 Å². The third-order valence-electron chi connectivity index (χ3n) is 3.36. The summed E-state index contributed by atoms with van der Waals surface area (Å²) in [6.45, 7) is 2.00. The minimum absolute atomic E-state index is 0.0162. The van der Waals surface area contributed by atoms with Crippen molar-refractivity contribution in [2.75, 3.05) is 19.9 Å². The van der Waals surface area contributed by atoms with E-state index < -0.39 is 18.1 Å². The smallest absolute Gasteiger partial charge is 0.410 e. The lowest BCUT2D eigenvalue weighted by Crippen LogP contribution is -2.43. The van der Waals surface area contributed by atoms with Gasteiger partial charge in [-0.2, -0.15) is 0 Å². The minimum atomic E-state index is -0.848. The molecule has 0 aliphatic heterocycles. The Hall–Kier alpha value is -2.02. The Bertz CT molecular complexity index is 549. The van der Waals surface area contributed by atoms with Crippen molar-refractivity contribution in [1.82, 2.24) is 4.90 Å². The number of carbonyl (C=O) groups is 3. The van der Waals surface area contributed by atoms with Crippen LogP contribution < -0.4 is 0 Å². The number of nitrogens with zero attached hydrogens (tertiary/aromatic N) is 1. The Morgan fingerprint density at radius 1 is 1.21 bits per heavy atom. The lowest BCUT2D eigenvalue weighted by Gasteiger charge is -2.25. The standard InChI is InChI=1S/C17H23NO5S/c1-4-24-15(19)11-10-14(16(20)22-3)18(2)17(21)23-12-13-8-6-5-7-9-13/h5-9,14H,4,10-12H2,1-3H3/t14-/m0/s1. The minimum Gasteiger partial charge on any atom is -0.467 e. The van der Waals surface area contributed by atoms with E-state index in [-0.39, 0.29) is 24.6 Å². The van der Waals surface area contributed by atoms with E-state index in [1.54, 1.807) is 0 Å². The number of thioether (sulfide) groups is 1. The summed E-state index contributed by atoms with van der Waals surface area (Å²) >= 11 is 1.19. The molecule has 0 radical (unpaired) electrons. The summed E-state index contributed by atoms with van der Waals surface area (Å²) in [6, 6.07) is 8.40. The van der Waals surface area contributed by atoms with Gasteiger partial charge >= 0.3 is 12.1 Å². The van der Waals surface area contributed by atoms with Crippen molar-refractivity contribution in [1.29, 1.82) is 0 Å². The highest BCUT2D eigenvalue weighted by Gasteiger charge is 2.29. The number of benzene rings is 1. The zero-order chi connectivity index (χ0) is 17.9. The molecule has 1 aromatic carbocycles. The van der Waals surface area contributed by atoms with Crippen LogP contribution in [-0.2, 0) is 25.7 Å². The van der Waals surface area contributed by atoms with E-state index >= 15 is 0 Å². The average Bonchev–Trinajstić information content (AvgIpc) is 2.60. The summed E-state index contributed by atoms with van der Waals surface area (Å²) in [5.74, 6) is 0.111. The van der Waals surface area contributed by atoms with Gasteiger partial charge in [-0.05, 0) is 17.7 Å². The maximum Gasteiger partial charge on any atom is 0.410 e. The normalized spacial score (nSPS) is 11.5. The van der Waals surface area contributed by atoms with Gasteiger partial charge in [0.1, 0.15) is 12.6 Å². The second-order valence-electron chi connectivity index (χ2n) is 5.03. The first-order valence-electron chi connectivity index (χ1n) is 7.66. The molecule has 0 N–H and O–H groups in total. The van der Waals surface area contributed by atoms with Crippen LogP contribution in [0.15, 0.2) is 30.3 Å². The Morgan fingerprint density at radius 2 is 1.88 bits per heavy atom. The number of carbonyl (C=O) groups excluding carboxylic acids is 3. The van der Waals surface area contributed by atoms with Crippen molar-refractivity contribution in [3.05, 3.63) is 35.9 Å². The van der Waals surface area contributed by atoms with Crippen LogP contribution >= 0.6 is 11.8 Å². The molecule has 132 valence electrons. The quantitative estimate of drug-likeness (QED) is 0.669. The molecular weight excluding hydrogens is 330 g/mol. The fourth-order valence-corrected chi connectivity index (χ4v) is 2.63. The van der Waals surface area contributed by atoms with Crippen LogP contribution in [0.25, 0.3) is 0 Å². The van der Waals surface area contributed by atoms with E-state index in [2.05, 4.69) is 0 Å². The summed E-state index contributed by atoms with van der Waals surface area (Å²) in [6.07, 6.45) is -0.242. The second kappa shape index (κ2) is 10.7. The molecule has 0 aliphatic carbocycles.